The number of nitrogens with one attached hydrogen (secondary N) is 1. The molecule has 2 unspecified atom stereocenters. The smallest absolute Gasteiger partial charge is 0.265 e. The Balaban J connectivity index is 1.85. The van der Waals surface area contributed by atoms with E-state index in [-0.39, 0.29) is 30.3 Å². The first-order chi connectivity index (χ1) is 10.2. The highest BCUT2D eigenvalue weighted by Gasteiger charge is 2.43. The molecule has 0 spiro atoms. The molecule has 0 saturated carbocycles. The molecule has 1 aromatic rings. The summed E-state index contributed by atoms with van der Waals surface area (Å²) < 4.78 is 0. The standard InChI is InChI=1S/C15H17N3O2S/c16-6-1-3-10-5-8-21-13(10)15(20)18-7-2-4-11-12(18)9-17-14(11)19/h5,8,11-12H,2,4,6-7,9,16H2,(H,17,19). The third kappa shape index (κ3) is 2.55. The minimum atomic E-state index is -0.0544. The van der Waals surface area contributed by atoms with Crippen LogP contribution < -0.4 is 11.1 Å². The van der Waals surface area contributed by atoms with E-state index in [4.69, 9.17) is 5.73 Å². The number of thiophene rings is 1. The Kier molecular flexibility index (Phi) is 3.95. The molecule has 0 aliphatic carbocycles. The molecule has 21 heavy (non-hydrogen) atoms. The van der Waals surface area contributed by atoms with Gasteiger partial charge in [0.05, 0.1) is 18.5 Å². The van der Waals surface area contributed by atoms with E-state index in [9.17, 15) is 9.59 Å². The van der Waals surface area contributed by atoms with Crippen molar-refractivity contribution < 1.29 is 9.59 Å². The van der Waals surface area contributed by atoms with Gasteiger partial charge in [-0.1, -0.05) is 11.8 Å². The van der Waals surface area contributed by atoms with Gasteiger partial charge in [0.2, 0.25) is 5.91 Å². The average molecular weight is 303 g/mol. The SMILES string of the molecule is NCC#Cc1ccsc1C(=O)N1CCCC2C(=O)NCC21. The van der Waals surface area contributed by atoms with Gasteiger partial charge in [-0.05, 0) is 24.3 Å². The Morgan fingerprint density at radius 2 is 2.43 bits per heavy atom. The zero-order valence-electron chi connectivity index (χ0n) is 11.6. The van der Waals surface area contributed by atoms with Gasteiger partial charge in [-0.15, -0.1) is 11.3 Å². The molecule has 110 valence electrons. The van der Waals surface area contributed by atoms with Crippen LogP contribution in [0.2, 0.25) is 0 Å². The van der Waals surface area contributed by atoms with E-state index in [0.29, 0.717) is 18.0 Å². The van der Waals surface area contributed by atoms with Crippen LogP contribution in [-0.4, -0.2) is 42.4 Å². The van der Waals surface area contributed by atoms with Crippen LogP contribution >= 0.6 is 11.3 Å². The van der Waals surface area contributed by atoms with Crippen LogP contribution in [0.1, 0.15) is 28.1 Å². The van der Waals surface area contributed by atoms with Gasteiger partial charge < -0.3 is 16.0 Å². The van der Waals surface area contributed by atoms with Gasteiger partial charge in [-0.25, -0.2) is 0 Å². The lowest BCUT2D eigenvalue weighted by molar-refractivity contribution is -0.123. The zero-order valence-corrected chi connectivity index (χ0v) is 12.4. The molecule has 0 radical (unpaired) electrons. The lowest BCUT2D eigenvalue weighted by Crippen LogP contribution is -2.48. The predicted octanol–water partition coefficient (Wildman–Crippen LogP) is 0.409. The van der Waals surface area contributed by atoms with E-state index in [1.807, 2.05) is 16.3 Å². The summed E-state index contributed by atoms with van der Waals surface area (Å²) in [5.74, 6) is 5.74. The number of amides is 2. The third-order valence-corrected chi connectivity index (χ3v) is 4.95. The molecular formula is C15H17N3O2S. The number of piperidine rings is 1. The van der Waals surface area contributed by atoms with Gasteiger partial charge in [0.15, 0.2) is 0 Å². The van der Waals surface area contributed by atoms with E-state index >= 15 is 0 Å². The van der Waals surface area contributed by atoms with Gasteiger partial charge in [0, 0.05) is 18.7 Å². The van der Waals surface area contributed by atoms with Crippen LogP contribution in [0.5, 0.6) is 0 Å². The third-order valence-electron chi connectivity index (χ3n) is 4.05. The molecule has 5 nitrogen and oxygen atoms in total. The Hall–Kier alpha value is -1.84. The summed E-state index contributed by atoms with van der Waals surface area (Å²) in [6.45, 7) is 1.54. The molecule has 2 atom stereocenters. The van der Waals surface area contributed by atoms with Gasteiger partial charge in [0.1, 0.15) is 4.88 Å². The van der Waals surface area contributed by atoms with Crippen molar-refractivity contribution in [3.63, 3.8) is 0 Å². The van der Waals surface area contributed by atoms with Crippen LogP contribution in [0.4, 0.5) is 0 Å². The Bertz CT molecular complexity index is 628. The molecule has 3 N–H and O–H groups in total. The fourth-order valence-electron chi connectivity index (χ4n) is 3.05. The summed E-state index contributed by atoms with van der Waals surface area (Å²) in [5.41, 5.74) is 6.12. The maximum Gasteiger partial charge on any atom is 0.265 e. The average Bonchev–Trinajstić information content (AvgIpc) is 3.11. The number of likely N-dealkylation sites (tertiary alicyclic amines) is 1. The number of nitrogens with zero attached hydrogens (tertiary/aromatic N) is 1. The molecular weight excluding hydrogens is 286 g/mol. The molecule has 0 bridgehead atoms. The van der Waals surface area contributed by atoms with Crippen molar-refractivity contribution in [2.75, 3.05) is 19.6 Å². The van der Waals surface area contributed by atoms with Crippen LogP contribution in [0, 0.1) is 17.8 Å². The van der Waals surface area contributed by atoms with Crippen molar-refractivity contribution in [2.45, 2.75) is 18.9 Å². The zero-order chi connectivity index (χ0) is 14.8. The lowest BCUT2D eigenvalue weighted by atomic mass is 9.91. The summed E-state index contributed by atoms with van der Waals surface area (Å²) in [6, 6.07) is 1.83. The van der Waals surface area contributed by atoms with Crippen molar-refractivity contribution in [3.8, 4) is 11.8 Å². The molecule has 1 aromatic heterocycles. The minimum Gasteiger partial charge on any atom is -0.354 e. The molecule has 2 saturated heterocycles. The molecule has 2 aliphatic rings. The van der Waals surface area contributed by atoms with Crippen LogP contribution in [0.25, 0.3) is 0 Å². The van der Waals surface area contributed by atoms with Gasteiger partial charge >= 0.3 is 0 Å². The molecule has 6 heteroatoms. The van der Waals surface area contributed by atoms with Crippen LogP contribution in [-0.2, 0) is 4.79 Å². The number of hydrogen-bond acceptors (Lipinski definition) is 4. The molecule has 2 aliphatic heterocycles. The first kappa shape index (κ1) is 14.1. The molecule has 2 amide bonds. The Morgan fingerprint density at radius 3 is 3.24 bits per heavy atom. The highest BCUT2D eigenvalue weighted by Crippen LogP contribution is 2.30. The van der Waals surface area contributed by atoms with E-state index in [0.717, 1.165) is 18.4 Å². The molecule has 3 heterocycles. The van der Waals surface area contributed by atoms with E-state index in [2.05, 4.69) is 17.2 Å². The van der Waals surface area contributed by atoms with Crippen LogP contribution in [0.3, 0.4) is 0 Å². The second-order valence-corrected chi connectivity index (χ2v) is 6.15. The van der Waals surface area contributed by atoms with Gasteiger partial charge in [-0.2, -0.15) is 0 Å². The molecule has 3 rings (SSSR count). The summed E-state index contributed by atoms with van der Waals surface area (Å²) in [7, 11) is 0. The van der Waals surface area contributed by atoms with Crippen molar-refractivity contribution in [1.29, 1.82) is 0 Å². The van der Waals surface area contributed by atoms with Crippen molar-refractivity contribution in [1.82, 2.24) is 10.2 Å². The Morgan fingerprint density at radius 1 is 1.57 bits per heavy atom. The number of hydrogen-bond donors (Lipinski definition) is 2. The number of fused-ring (bicyclic) bond motifs is 1. The molecule has 0 aromatic carbocycles. The predicted molar refractivity (Wildman–Crippen MR) is 80.8 cm³/mol. The Labute approximate surface area is 127 Å². The number of carbonyl (C=O) groups excluding carboxylic acids is 2. The van der Waals surface area contributed by atoms with E-state index < -0.39 is 0 Å². The minimum absolute atomic E-state index is 0.0162. The number of rotatable bonds is 1. The number of nitrogens with two attached hydrogens (primary N) is 1. The first-order valence-electron chi connectivity index (χ1n) is 7.07. The van der Waals surface area contributed by atoms with Gasteiger partial charge in [0.25, 0.3) is 5.91 Å². The van der Waals surface area contributed by atoms with Crippen LogP contribution in [0.15, 0.2) is 11.4 Å². The maximum atomic E-state index is 12.8. The summed E-state index contributed by atoms with van der Waals surface area (Å²) >= 11 is 1.40. The highest BCUT2D eigenvalue weighted by atomic mass is 32.1. The fraction of sp³-hybridized carbons (Fsp3) is 0.467. The molecule has 2 fully saturated rings. The monoisotopic (exact) mass is 303 g/mol. The summed E-state index contributed by atoms with van der Waals surface area (Å²) in [4.78, 5) is 27.1. The fourth-order valence-corrected chi connectivity index (χ4v) is 3.86. The first-order valence-corrected chi connectivity index (χ1v) is 7.95. The van der Waals surface area contributed by atoms with E-state index in [1.54, 1.807) is 0 Å². The summed E-state index contributed by atoms with van der Waals surface area (Å²) in [6.07, 6.45) is 1.74. The maximum absolute atomic E-state index is 12.8. The van der Waals surface area contributed by atoms with Gasteiger partial charge in [-0.3, -0.25) is 9.59 Å². The number of carbonyl (C=O) groups is 2. The topological polar surface area (TPSA) is 75.4 Å². The van der Waals surface area contributed by atoms with Crippen molar-refractivity contribution >= 4 is 23.2 Å². The largest absolute Gasteiger partial charge is 0.354 e. The summed E-state index contributed by atoms with van der Waals surface area (Å²) in [5, 5.41) is 4.73. The second kappa shape index (κ2) is 5.88. The second-order valence-electron chi connectivity index (χ2n) is 5.23. The normalized spacial score (nSPS) is 24.0. The quantitative estimate of drug-likeness (QED) is 0.738. The van der Waals surface area contributed by atoms with Crippen molar-refractivity contribution in [3.05, 3.63) is 21.9 Å². The highest BCUT2D eigenvalue weighted by molar-refractivity contribution is 7.12. The lowest BCUT2D eigenvalue weighted by Gasteiger charge is -2.35. The van der Waals surface area contributed by atoms with Crippen molar-refractivity contribution in [2.24, 2.45) is 11.7 Å². The van der Waals surface area contributed by atoms with E-state index in [1.165, 1.54) is 11.3 Å².